The maximum atomic E-state index is 11.9. The van der Waals surface area contributed by atoms with Crippen molar-refractivity contribution in [3.05, 3.63) is 64.5 Å². The van der Waals surface area contributed by atoms with Crippen LogP contribution < -0.4 is 10.2 Å². The van der Waals surface area contributed by atoms with Crippen LogP contribution in [0.2, 0.25) is 0 Å². The Bertz CT molecular complexity index is 910. The maximum absolute atomic E-state index is 11.9. The molecule has 0 bridgehead atoms. The SMILES string of the molecule is COc1ccc2c(c1)CC(=O)NN=C2c1cc2ccccc2s1. The molecule has 0 atom stereocenters. The average molecular weight is 322 g/mol. The van der Waals surface area contributed by atoms with Gasteiger partial charge in [-0.05, 0) is 41.3 Å². The first kappa shape index (κ1) is 14.0. The van der Waals surface area contributed by atoms with E-state index < -0.39 is 0 Å². The average Bonchev–Trinajstić information content (AvgIpc) is 2.92. The largest absolute Gasteiger partial charge is 0.497 e. The number of amides is 1. The van der Waals surface area contributed by atoms with Gasteiger partial charge in [0.1, 0.15) is 11.5 Å². The van der Waals surface area contributed by atoms with Crippen LogP contribution in [0.25, 0.3) is 10.1 Å². The van der Waals surface area contributed by atoms with Crippen molar-refractivity contribution in [2.24, 2.45) is 5.10 Å². The highest BCUT2D eigenvalue weighted by atomic mass is 32.1. The normalized spacial score (nSPS) is 14.0. The Kier molecular flexibility index (Phi) is 3.35. The van der Waals surface area contributed by atoms with Crippen molar-refractivity contribution < 1.29 is 9.53 Å². The van der Waals surface area contributed by atoms with Crippen molar-refractivity contribution in [2.75, 3.05) is 7.11 Å². The second-order valence-electron chi connectivity index (χ2n) is 5.34. The number of carbonyl (C=O) groups is 1. The van der Waals surface area contributed by atoms with E-state index in [4.69, 9.17) is 4.74 Å². The zero-order valence-corrected chi connectivity index (χ0v) is 13.3. The fourth-order valence-corrected chi connectivity index (χ4v) is 3.82. The van der Waals surface area contributed by atoms with Gasteiger partial charge in [-0.25, -0.2) is 5.43 Å². The fourth-order valence-electron chi connectivity index (χ4n) is 2.75. The first-order chi connectivity index (χ1) is 11.2. The molecular weight excluding hydrogens is 308 g/mol. The van der Waals surface area contributed by atoms with E-state index in [1.807, 2.05) is 30.3 Å². The minimum Gasteiger partial charge on any atom is -0.497 e. The number of hydrogen-bond donors (Lipinski definition) is 1. The lowest BCUT2D eigenvalue weighted by molar-refractivity contribution is -0.120. The third-order valence-electron chi connectivity index (χ3n) is 3.87. The summed E-state index contributed by atoms with van der Waals surface area (Å²) >= 11 is 1.67. The van der Waals surface area contributed by atoms with Gasteiger partial charge in [0.2, 0.25) is 5.91 Å². The number of rotatable bonds is 2. The van der Waals surface area contributed by atoms with E-state index in [1.54, 1.807) is 18.4 Å². The molecule has 1 aromatic heterocycles. The van der Waals surface area contributed by atoms with Crippen LogP contribution in [0, 0.1) is 0 Å². The van der Waals surface area contributed by atoms with Crippen molar-refractivity contribution in [2.45, 2.75) is 6.42 Å². The number of hydrogen-bond acceptors (Lipinski definition) is 4. The second kappa shape index (κ2) is 5.52. The lowest BCUT2D eigenvalue weighted by Crippen LogP contribution is -2.18. The summed E-state index contributed by atoms with van der Waals surface area (Å²) in [5.74, 6) is 0.629. The number of methoxy groups -OCH3 is 1. The van der Waals surface area contributed by atoms with Gasteiger partial charge in [-0.15, -0.1) is 11.3 Å². The zero-order chi connectivity index (χ0) is 15.8. The standard InChI is InChI=1S/C18H14N2O2S/c1-22-13-6-7-14-12(8-13)10-17(21)19-20-18(14)16-9-11-4-2-3-5-15(11)23-16/h2-9H,10H2,1H3,(H,19,21). The molecule has 0 spiro atoms. The third-order valence-corrected chi connectivity index (χ3v) is 4.99. The summed E-state index contributed by atoms with van der Waals surface area (Å²) in [6.45, 7) is 0. The summed E-state index contributed by atoms with van der Waals surface area (Å²) in [4.78, 5) is 13.0. The molecule has 2 aromatic carbocycles. The number of nitrogens with one attached hydrogen (secondary N) is 1. The van der Waals surface area contributed by atoms with E-state index in [9.17, 15) is 4.79 Å². The van der Waals surface area contributed by atoms with E-state index in [2.05, 4.69) is 28.7 Å². The topological polar surface area (TPSA) is 50.7 Å². The van der Waals surface area contributed by atoms with Gasteiger partial charge in [0.15, 0.2) is 0 Å². The Labute approximate surface area is 137 Å². The molecule has 3 aromatic rings. The smallest absolute Gasteiger partial charge is 0.244 e. The highest BCUT2D eigenvalue weighted by Crippen LogP contribution is 2.30. The molecular formula is C18H14N2O2S. The van der Waals surface area contributed by atoms with Crippen LogP contribution in [0.5, 0.6) is 5.75 Å². The molecule has 0 unspecified atom stereocenters. The van der Waals surface area contributed by atoms with Crippen LogP contribution in [-0.2, 0) is 11.2 Å². The van der Waals surface area contributed by atoms with Gasteiger partial charge in [0.05, 0.1) is 18.4 Å². The van der Waals surface area contributed by atoms with E-state index >= 15 is 0 Å². The lowest BCUT2D eigenvalue weighted by Gasteiger charge is -2.08. The second-order valence-corrected chi connectivity index (χ2v) is 6.43. The molecule has 23 heavy (non-hydrogen) atoms. The number of benzene rings is 2. The maximum Gasteiger partial charge on any atom is 0.244 e. The van der Waals surface area contributed by atoms with Gasteiger partial charge in [0, 0.05) is 10.3 Å². The van der Waals surface area contributed by atoms with Gasteiger partial charge in [-0.2, -0.15) is 5.10 Å². The molecule has 4 rings (SSSR count). The van der Waals surface area contributed by atoms with Crippen molar-refractivity contribution in [1.29, 1.82) is 0 Å². The summed E-state index contributed by atoms with van der Waals surface area (Å²) in [5.41, 5.74) is 5.33. The first-order valence-corrected chi connectivity index (χ1v) is 8.09. The van der Waals surface area contributed by atoms with Crippen LogP contribution in [-0.4, -0.2) is 18.7 Å². The number of ether oxygens (including phenoxy) is 1. The summed E-state index contributed by atoms with van der Waals surface area (Å²) < 4.78 is 6.48. The van der Waals surface area contributed by atoms with Crippen LogP contribution in [0.3, 0.4) is 0 Å². The molecule has 0 aliphatic carbocycles. The predicted molar refractivity (Wildman–Crippen MR) is 92.3 cm³/mol. The zero-order valence-electron chi connectivity index (χ0n) is 12.5. The van der Waals surface area contributed by atoms with E-state index in [0.717, 1.165) is 27.5 Å². The molecule has 5 heteroatoms. The number of fused-ring (bicyclic) bond motifs is 2. The van der Waals surface area contributed by atoms with Crippen LogP contribution >= 0.6 is 11.3 Å². The summed E-state index contributed by atoms with van der Waals surface area (Å²) in [5, 5.41) is 5.53. The lowest BCUT2D eigenvalue weighted by atomic mass is 9.99. The molecule has 4 nitrogen and oxygen atoms in total. The highest BCUT2D eigenvalue weighted by Gasteiger charge is 2.20. The van der Waals surface area contributed by atoms with Gasteiger partial charge >= 0.3 is 0 Å². The Morgan fingerprint density at radius 1 is 1.17 bits per heavy atom. The van der Waals surface area contributed by atoms with Gasteiger partial charge < -0.3 is 4.74 Å². The fraction of sp³-hybridized carbons (Fsp3) is 0.111. The minimum atomic E-state index is -0.115. The molecule has 1 aliphatic heterocycles. The molecule has 0 saturated carbocycles. The van der Waals surface area contributed by atoms with Crippen molar-refractivity contribution in [1.82, 2.24) is 5.43 Å². The van der Waals surface area contributed by atoms with Crippen LogP contribution in [0.1, 0.15) is 16.0 Å². The highest BCUT2D eigenvalue weighted by molar-refractivity contribution is 7.21. The number of thiophene rings is 1. The Balaban J connectivity index is 1.89. The summed E-state index contributed by atoms with van der Waals surface area (Å²) in [7, 11) is 1.62. The number of carbonyl (C=O) groups excluding carboxylic acids is 1. The van der Waals surface area contributed by atoms with E-state index in [-0.39, 0.29) is 5.91 Å². The molecule has 0 saturated heterocycles. The van der Waals surface area contributed by atoms with E-state index in [0.29, 0.717) is 6.42 Å². The molecule has 1 aliphatic rings. The molecule has 2 heterocycles. The first-order valence-electron chi connectivity index (χ1n) is 7.27. The summed E-state index contributed by atoms with van der Waals surface area (Å²) in [6.07, 6.45) is 0.296. The molecule has 114 valence electrons. The summed E-state index contributed by atoms with van der Waals surface area (Å²) in [6, 6.07) is 16.1. The Morgan fingerprint density at radius 2 is 2.04 bits per heavy atom. The minimum absolute atomic E-state index is 0.115. The van der Waals surface area contributed by atoms with Gasteiger partial charge in [0.25, 0.3) is 0 Å². The van der Waals surface area contributed by atoms with Gasteiger partial charge in [-0.1, -0.05) is 18.2 Å². The quantitative estimate of drug-likeness (QED) is 0.787. The monoisotopic (exact) mass is 322 g/mol. The van der Waals surface area contributed by atoms with Gasteiger partial charge in [-0.3, -0.25) is 4.79 Å². The molecule has 1 N–H and O–H groups in total. The number of nitrogens with zero attached hydrogens (tertiary/aromatic N) is 1. The van der Waals surface area contributed by atoms with Crippen molar-refractivity contribution in [3.63, 3.8) is 0 Å². The predicted octanol–water partition coefficient (Wildman–Crippen LogP) is 3.33. The molecule has 0 fully saturated rings. The van der Waals surface area contributed by atoms with Crippen LogP contribution in [0.15, 0.2) is 53.6 Å². The molecule has 1 amide bonds. The Hall–Kier alpha value is -2.66. The third kappa shape index (κ3) is 2.49. The van der Waals surface area contributed by atoms with Crippen molar-refractivity contribution in [3.8, 4) is 5.75 Å². The van der Waals surface area contributed by atoms with Crippen LogP contribution in [0.4, 0.5) is 0 Å². The number of hydrazone groups is 1. The Morgan fingerprint density at radius 3 is 2.87 bits per heavy atom. The van der Waals surface area contributed by atoms with Crippen molar-refractivity contribution >= 4 is 33.0 Å². The van der Waals surface area contributed by atoms with E-state index in [1.165, 1.54) is 10.1 Å². The molecule has 0 radical (unpaired) electrons.